The second-order valence-electron chi connectivity index (χ2n) is 7.90. The third-order valence-electron chi connectivity index (χ3n) is 5.68. The van der Waals surface area contributed by atoms with Crippen LogP contribution in [0.2, 0.25) is 0 Å². The smallest absolute Gasteiger partial charge is 0.262 e. The number of aliphatic imine (C=N–C) groups is 1. The van der Waals surface area contributed by atoms with Crippen LogP contribution in [-0.4, -0.2) is 22.2 Å². The molecule has 4 nitrogen and oxygen atoms in total. The van der Waals surface area contributed by atoms with Crippen molar-refractivity contribution >= 4 is 22.5 Å². The second kappa shape index (κ2) is 7.30. The summed E-state index contributed by atoms with van der Waals surface area (Å²) in [6.45, 7) is 4.28. The molecule has 5 rings (SSSR count). The van der Waals surface area contributed by atoms with Crippen LogP contribution < -0.4 is 5.32 Å². The van der Waals surface area contributed by atoms with Crippen molar-refractivity contribution in [3.63, 3.8) is 0 Å². The van der Waals surface area contributed by atoms with Gasteiger partial charge in [-0.25, -0.2) is 4.99 Å². The molecule has 0 spiro atoms. The lowest BCUT2D eigenvalue weighted by atomic mass is 10.0. The van der Waals surface area contributed by atoms with E-state index in [1.165, 1.54) is 5.70 Å². The number of nitrogens with zero attached hydrogens (tertiary/aromatic N) is 2. The number of hydrogen-bond acceptors (Lipinski definition) is 3. The monoisotopic (exact) mass is 393 g/mol. The van der Waals surface area contributed by atoms with E-state index < -0.39 is 0 Å². The lowest BCUT2D eigenvalue weighted by Crippen LogP contribution is -2.24. The molecule has 30 heavy (non-hydrogen) atoms. The van der Waals surface area contributed by atoms with E-state index in [2.05, 4.69) is 31.3 Å². The number of allylic oxidation sites excluding steroid dienone is 3. The normalized spacial score (nSPS) is 21.7. The van der Waals surface area contributed by atoms with Crippen molar-refractivity contribution < 1.29 is 4.79 Å². The summed E-state index contributed by atoms with van der Waals surface area (Å²) in [5.41, 5.74) is 5.28. The summed E-state index contributed by atoms with van der Waals surface area (Å²) >= 11 is 0. The highest BCUT2D eigenvalue weighted by atomic mass is 16.2. The molecular formula is C26H23N3O. The summed E-state index contributed by atoms with van der Waals surface area (Å²) in [5.74, 6) is 0.377. The van der Waals surface area contributed by atoms with Gasteiger partial charge in [-0.2, -0.15) is 0 Å². The first-order valence-electron chi connectivity index (χ1n) is 10.2. The number of carbonyl (C=O) groups excluding carboxylic acids is 1. The van der Waals surface area contributed by atoms with Crippen LogP contribution in [0, 0.1) is 5.92 Å². The molecule has 148 valence electrons. The van der Waals surface area contributed by atoms with Gasteiger partial charge in [0, 0.05) is 16.6 Å². The topological polar surface area (TPSA) is 46.4 Å². The van der Waals surface area contributed by atoms with Crippen LogP contribution in [0.5, 0.6) is 0 Å². The van der Waals surface area contributed by atoms with Gasteiger partial charge in [-0.3, -0.25) is 9.36 Å². The van der Waals surface area contributed by atoms with Gasteiger partial charge < -0.3 is 5.32 Å². The Labute approximate surface area is 175 Å². The Bertz CT molecular complexity index is 1260. The summed E-state index contributed by atoms with van der Waals surface area (Å²) < 4.78 is 1.78. The van der Waals surface area contributed by atoms with E-state index in [4.69, 9.17) is 4.99 Å². The highest BCUT2D eigenvalue weighted by Crippen LogP contribution is 2.26. The average molecular weight is 393 g/mol. The maximum Gasteiger partial charge on any atom is 0.262 e. The van der Waals surface area contributed by atoms with Crippen molar-refractivity contribution in [1.82, 2.24) is 9.88 Å². The largest absolute Gasteiger partial charge is 0.382 e. The minimum Gasteiger partial charge on any atom is -0.382 e. The van der Waals surface area contributed by atoms with Gasteiger partial charge in [-0.1, -0.05) is 49.4 Å². The van der Waals surface area contributed by atoms with Crippen LogP contribution in [0.25, 0.3) is 10.9 Å². The van der Waals surface area contributed by atoms with E-state index >= 15 is 0 Å². The minimum atomic E-state index is -0.0498. The van der Waals surface area contributed by atoms with E-state index in [9.17, 15) is 4.79 Å². The van der Waals surface area contributed by atoms with Crippen molar-refractivity contribution in [3.8, 4) is 0 Å². The van der Waals surface area contributed by atoms with Gasteiger partial charge in [0.15, 0.2) is 0 Å². The Kier molecular flexibility index (Phi) is 4.47. The summed E-state index contributed by atoms with van der Waals surface area (Å²) in [6, 6.07) is 19.6. The van der Waals surface area contributed by atoms with Crippen LogP contribution in [0.15, 0.2) is 101 Å². The first kappa shape index (κ1) is 18.4. The zero-order valence-corrected chi connectivity index (χ0v) is 17.0. The molecule has 2 atom stereocenters. The average Bonchev–Trinajstić information content (AvgIpc) is 3.45. The number of para-hydroxylation sites is 1. The Hall–Kier alpha value is -3.66. The molecule has 0 bridgehead atoms. The summed E-state index contributed by atoms with van der Waals surface area (Å²) in [6.07, 6.45) is 8.41. The van der Waals surface area contributed by atoms with Gasteiger partial charge in [-0.05, 0) is 55.3 Å². The predicted molar refractivity (Wildman–Crippen MR) is 122 cm³/mol. The Morgan fingerprint density at radius 3 is 2.60 bits per heavy atom. The second-order valence-corrected chi connectivity index (χ2v) is 7.90. The van der Waals surface area contributed by atoms with Gasteiger partial charge in [-0.15, -0.1) is 0 Å². The predicted octanol–water partition coefficient (Wildman–Crippen LogP) is 5.08. The fraction of sp³-hybridized carbons (Fsp3) is 0.154. The first-order chi connectivity index (χ1) is 14.6. The molecule has 0 fully saturated rings. The molecule has 3 aromatic rings. The molecule has 0 saturated heterocycles. The first-order valence-corrected chi connectivity index (χ1v) is 10.2. The van der Waals surface area contributed by atoms with Gasteiger partial charge in [0.05, 0.1) is 28.7 Å². The van der Waals surface area contributed by atoms with Crippen molar-refractivity contribution in [3.05, 3.63) is 108 Å². The molecule has 4 heteroatoms. The van der Waals surface area contributed by atoms with E-state index in [1.807, 2.05) is 72.8 Å². The maximum atomic E-state index is 13.4. The number of rotatable bonds is 3. The van der Waals surface area contributed by atoms with Gasteiger partial charge in [0.1, 0.15) is 0 Å². The number of hydrogen-bond donors (Lipinski definition) is 1. The van der Waals surface area contributed by atoms with Crippen molar-refractivity contribution in [1.29, 1.82) is 0 Å². The zero-order chi connectivity index (χ0) is 20.7. The lowest BCUT2D eigenvalue weighted by Gasteiger charge is -2.12. The Morgan fingerprint density at radius 2 is 1.83 bits per heavy atom. The van der Waals surface area contributed by atoms with Crippen molar-refractivity contribution in [2.45, 2.75) is 19.9 Å². The number of nitrogens with one attached hydrogen (secondary N) is 1. The van der Waals surface area contributed by atoms with Gasteiger partial charge in [0.25, 0.3) is 5.91 Å². The van der Waals surface area contributed by atoms with Crippen LogP contribution in [0.3, 0.4) is 0 Å². The zero-order valence-electron chi connectivity index (χ0n) is 17.0. The number of carbonyl (C=O) groups is 1. The molecule has 1 aromatic heterocycles. The highest BCUT2D eigenvalue weighted by Gasteiger charge is 2.23. The molecule has 0 aliphatic carbocycles. The van der Waals surface area contributed by atoms with Crippen LogP contribution >= 0.6 is 0 Å². The summed E-state index contributed by atoms with van der Waals surface area (Å²) in [4.78, 5) is 18.2. The lowest BCUT2D eigenvalue weighted by molar-refractivity contribution is 0.0964. The number of fused-ring (bicyclic) bond motifs is 1. The molecule has 0 saturated carbocycles. The van der Waals surface area contributed by atoms with E-state index in [0.717, 1.165) is 28.0 Å². The molecule has 2 aliphatic heterocycles. The number of aromatic nitrogens is 1. The summed E-state index contributed by atoms with van der Waals surface area (Å²) in [7, 11) is 0. The fourth-order valence-electron chi connectivity index (χ4n) is 4.20. The molecular weight excluding hydrogens is 370 g/mol. The van der Waals surface area contributed by atoms with Gasteiger partial charge in [0.2, 0.25) is 0 Å². The molecule has 1 N–H and O–H groups in total. The van der Waals surface area contributed by atoms with E-state index in [-0.39, 0.29) is 11.9 Å². The van der Waals surface area contributed by atoms with Gasteiger partial charge >= 0.3 is 0 Å². The Morgan fingerprint density at radius 1 is 1.07 bits per heavy atom. The standard InChI is InChI=1S/C26H23N3O/c1-17-14-18(2)27-23(17)16-21-12-13-22(28-21)25-15-20-10-6-7-11-24(20)29(25)26(30)19-8-4-3-5-9-19/h3-17,23,27H,1-2H3/b21-16+. The molecule has 0 amide bonds. The quantitative estimate of drug-likeness (QED) is 0.674. The maximum absolute atomic E-state index is 13.4. The van der Waals surface area contributed by atoms with Crippen LogP contribution in [0.4, 0.5) is 0 Å². The minimum absolute atomic E-state index is 0.0498. The molecule has 2 aromatic carbocycles. The van der Waals surface area contributed by atoms with Crippen LogP contribution in [0.1, 0.15) is 29.9 Å². The SMILES string of the molecule is CC1=CC(C)C(/C=C2\C=CC(c3cc4ccccc4n3C(=O)c3ccccc3)=N2)N1. The molecule has 3 heterocycles. The molecule has 0 radical (unpaired) electrons. The highest BCUT2D eigenvalue weighted by molar-refractivity contribution is 6.16. The fourth-order valence-corrected chi connectivity index (χ4v) is 4.20. The number of benzene rings is 2. The van der Waals surface area contributed by atoms with Crippen LogP contribution in [-0.2, 0) is 0 Å². The van der Waals surface area contributed by atoms with E-state index in [0.29, 0.717) is 11.5 Å². The molecule has 2 aliphatic rings. The third kappa shape index (κ3) is 3.20. The molecule has 2 unspecified atom stereocenters. The Balaban J connectivity index is 1.57. The van der Waals surface area contributed by atoms with E-state index in [1.54, 1.807) is 4.57 Å². The van der Waals surface area contributed by atoms with Crippen molar-refractivity contribution in [2.24, 2.45) is 10.9 Å². The van der Waals surface area contributed by atoms with Crippen molar-refractivity contribution in [2.75, 3.05) is 0 Å². The third-order valence-corrected chi connectivity index (χ3v) is 5.68. The summed E-state index contributed by atoms with van der Waals surface area (Å²) in [5, 5.41) is 4.50.